The van der Waals surface area contributed by atoms with Crippen LogP contribution in [0.3, 0.4) is 0 Å². The smallest absolute Gasteiger partial charge is 0.0244 e. The van der Waals surface area contributed by atoms with Gasteiger partial charge in [0.05, 0.1) is 0 Å². The summed E-state index contributed by atoms with van der Waals surface area (Å²) in [5.41, 5.74) is 1.40. The number of hydrogen-bond acceptors (Lipinski definition) is 3. The minimum absolute atomic E-state index is 0.528. The highest BCUT2D eigenvalue weighted by molar-refractivity contribution is 7.84. The Morgan fingerprint density at radius 1 is 1.35 bits per heavy atom. The van der Waals surface area contributed by atoms with Crippen LogP contribution in [-0.2, 0) is 17.2 Å². The Labute approximate surface area is 125 Å². The maximum atomic E-state index is 11.2. The van der Waals surface area contributed by atoms with Crippen molar-refractivity contribution in [3.63, 3.8) is 0 Å². The standard InChI is InChI=1S/C16H26N2OS/c1-14-12-17-16(11-15-7-4-3-5-8-15)13-18(14)9-6-10-20(2)19/h3-5,7-8,14,16-17H,6,9-13H2,1-2H3. The molecule has 1 fully saturated rings. The topological polar surface area (TPSA) is 32.3 Å². The van der Waals surface area contributed by atoms with Crippen molar-refractivity contribution in [2.24, 2.45) is 0 Å². The van der Waals surface area contributed by atoms with E-state index in [1.54, 1.807) is 6.26 Å². The van der Waals surface area contributed by atoms with Gasteiger partial charge in [0, 0.05) is 48.0 Å². The van der Waals surface area contributed by atoms with E-state index in [1.807, 2.05) is 0 Å². The summed E-state index contributed by atoms with van der Waals surface area (Å²) in [7, 11) is -0.664. The first-order chi connectivity index (χ1) is 9.65. The van der Waals surface area contributed by atoms with Gasteiger partial charge in [-0.3, -0.25) is 9.11 Å². The molecule has 20 heavy (non-hydrogen) atoms. The molecule has 0 spiro atoms. The molecule has 0 aliphatic carbocycles. The number of nitrogens with zero attached hydrogens (tertiary/aromatic N) is 1. The van der Waals surface area contributed by atoms with Crippen molar-refractivity contribution in [2.45, 2.75) is 31.8 Å². The molecule has 1 aliphatic heterocycles. The Morgan fingerprint density at radius 2 is 2.10 bits per heavy atom. The zero-order valence-corrected chi connectivity index (χ0v) is 13.4. The molecular weight excluding hydrogens is 268 g/mol. The van der Waals surface area contributed by atoms with Crippen molar-refractivity contribution in [1.29, 1.82) is 0 Å². The van der Waals surface area contributed by atoms with Crippen LogP contribution >= 0.6 is 0 Å². The molecule has 2 rings (SSSR count). The Hall–Kier alpha value is -0.710. The van der Waals surface area contributed by atoms with Crippen LogP contribution in [0.2, 0.25) is 0 Å². The lowest BCUT2D eigenvalue weighted by Crippen LogP contribution is -2.56. The molecule has 1 aromatic carbocycles. The Kier molecular flexibility index (Phi) is 6.20. The molecule has 0 saturated carbocycles. The van der Waals surface area contributed by atoms with E-state index in [-0.39, 0.29) is 0 Å². The van der Waals surface area contributed by atoms with Gasteiger partial charge in [0.2, 0.25) is 0 Å². The third-order valence-corrected chi connectivity index (χ3v) is 4.85. The van der Waals surface area contributed by atoms with Gasteiger partial charge in [0.1, 0.15) is 0 Å². The normalized spacial score (nSPS) is 25.5. The second kappa shape index (κ2) is 7.91. The highest BCUT2D eigenvalue weighted by Crippen LogP contribution is 2.12. The predicted molar refractivity (Wildman–Crippen MR) is 86.5 cm³/mol. The zero-order chi connectivity index (χ0) is 14.4. The summed E-state index contributed by atoms with van der Waals surface area (Å²) < 4.78 is 11.2. The maximum absolute atomic E-state index is 11.2. The largest absolute Gasteiger partial charge is 0.311 e. The Balaban J connectivity index is 1.82. The molecule has 1 N–H and O–H groups in total. The number of rotatable bonds is 6. The van der Waals surface area contributed by atoms with Gasteiger partial charge in [-0.15, -0.1) is 0 Å². The van der Waals surface area contributed by atoms with E-state index < -0.39 is 10.8 Å². The molecule has 0 radical (unpaired) electrons. The second-order valence-electron chi connectivity index (χ2n) is 5.77. The number of benzene rings is 1. The average Bonchev–Trinajstić information content (AvgIpc) is 2.43. The van der Waals surface area contributed by atoms with Gasteiger partial charge < -0.3 is 5.32 Å². The highest BCUT2D eigenvalue weighted by atomic mass is 32.2. The van der Waals surface area contributed by atoms with Gasteiger partial charge in [-0.25, -0.2) is 0 Å². The lowest BCUT2D eigenvalue weighted by molar-refractivity contribution is 0.141. The Bertz CT molecular complexity index is 424. The molecule has 3 nitrogen and oxygen atoms in total. The van der Waals surface area contributed by atoms with Crippen LogP contribution < -0.4 is 5.32 Å². The fourth-order valence-corrected chi connectivity index (χ4v) is 3.35. The summed E-state index contributed by atoms with van der Waals surface area (Å²) in [5.74, 6) is 0.819. The third-order valence-electron chi connectivity index (χ3n) is 3.98. The van der Waals surface area contributed by atoms with Crippen molar-refractivity contribution in [1.82, 2.24) is 10.2 Å². The van der Waals surface area contributed by atoms with E-state index in [4.69, 9.17) is 0 Å². The van der Waals surface area contributed by atoms with Crippen molar-refractivity contribution < 1.29 is 4.21 Å². The van der Waals surface area contributed by atoms with E-state index in [9.17, 15) is 4.21 Å². The molecular formula is C16H26N2OS. The van der Waals surface area contributed by atoms with Crippen LogP contribution in [0.4, 0.5) is 0 Å². The molecule has 1 aliphatic rings. The molecule has 1 saturated heterocycles. The summed E-state index contributed by atoms with van der Waals surface area (Å²) >= 11 is 0. The molecule has 0 amide bonds. The molecule has 1 heterocycles. The van der Waals surface area contributed by atoms with Crippen LogP contribution in [0.5, 0.6) is 0 Å². The Morgan fingerprint density at radius 3 is 2.80 bits per heavy atom. The molecule has 3 atom stereocenters. The van der Waals surface area contributed by atoms with Gasteiger partial charge >= 0.3 is 0 Å². The first-order valence-corrected chi connectivity index (χ1v) is 9.19. The van der Waals surface area contributed by atoms with Crippen LogP contribution in [0.15, 0.2) is 30.3 Å². The minimum atomic E-state index is -0.664. The van der Waals surface area contributed by atoms with E-state index >= 15 is 0 Å². The SMILES string of the molecule is CC1CNC(Cc2ccccc2)CN1CCCS(C)=O. The van der Waals surface area contributed by atoms with Crippen LogP contribution in [0.1, 0.15) is 18.9 Å². The van der Waals surface area contributed by atoms with Crippen LogP contribution in [0.25, 0.3) is 0 Å². The van der Waals surface area contributed by atoms with Gasteiger partial charge in [0.25, 0.3) is 0 Å². The zero-order valence-electron chi connectivity index (χ0n) is 12.5. The maximum Gasteiger partial charge on any atom is 0.0244 e. The van der Waals surface area contributed by atoms with Gasteiger partial charge in [-0.2, -0.15) is 0 Å². The molecule has 0 aromatic heterocycles. The summed E-state index contributed by atoms with van der Waals surface area (Å²) in [5, 5.41) is 3.64. The lowest BCUT2D eigenvalue weighted by Gasteiger charge is -2.39. The minimum Gasteiger partial charge on any atom is -0.311 e. The fraction of sp³-hybridized carbons (Fsp3) is 0.625. The third kappa shape index (κ3) is 5.00. The van der Waals surface area contributed by atoms with E-state index in [0.29, 0.717) is 12.1 Å². The summed E-state index contributed by atoms with van der Waals surface area (Å²) in [6, 6.07) is 11.8. The second-order valence-corrected chi connectivity index (χ2v) is 7.32. The molecule has 112 valence electrons. The molecule has 3 unspecified atom stereocenters. The van der Waals surface area contributed by atoms with Crippen LogP contribution in [0, 0.1) is 0 Å². The first-order valence-electron chi connectivity index (χ1n) is 7.46. The molecule has 4 heteroatoms. The van der Waals surface area contributed by atoms with Crippen LogP contribution in [-0.4, -0.2) is 52.8 Å². The summed E-state index contributed by atoms with van der Waals surface area (Å²) in [4.78, 5) is 2.54. The number of nitrogens with one attached hydrogen (secondary N) is 1. The van der Waals surface area contributed by atoms with Crippen molar-refractivity contribution in [2.75, 3.05) is 31.6 Å². The quantitative estimate of drug-likeness (QED) is 0.866. The fourth-order valence-electron chi connectivity index (χ4n) is 2.81. The predicted octanol–water partition coefficient (Wildman–Crippen LogP) is 1.66. The summed E-state index contributed by atoms with van der Waals surface area (Å²) in [6.45, 7) is 5.47. The van der Waals surface area contributed by atoms with Crippen molar-refractivity contribution >= 4 is 10.8 Å². The van der Waals surface area contributed by atoms with Gasteiger partial charge in [-0.05, 0) is 31.9 Å². The van der Waals surface area contributed by atoms with Crippen molar-refractivity contribution in [3.8, 4) is 0 Å². The van der Waals surface area contributed by atoms with Gasteiger partial charge in [0.15, 0.2) is 0 Å². The van der Waals surface area contributed by atoms with E-state index in [2.05, 4.69) is 47.5 Å². The number of hydrogen-bond donors (Lipinski definition) is 1. The van der Waals surface area contributed by atoms with E-state index in [0.717, 1.165) is 38.2 Å². The highest BCUT2D eigenvalue weighted by Gasteiger charge is 2.24. The molecule has 1 aromatic rings. The monoisotopic (exact) mass is 294 g/mol. The molecule has 0 bridgehead atoms. The van der Waals surface area contributed by atoms with E-state index in [1.165, 1.54) is 5.56 Å². The number of piperazine rings is 1. The van der Waals surface area contributed by atoms with Gasteiger partial charge in [-0.1, -0.05) is 30.3 Å². The summed E-state index contributed by atoms with van der Waals surface area (Å²) in [6.07, 6.45) is 3.91. The first kappa shape index (κ1) is 15.7. The van der Waals surface area contributed by atoms with Crippen molar-refractivity contribution in [3.05, 3.63) is 35.9 Å². The average molecular weight is 294 g/mol. The lowest BCUT2D eigenvalue weighted by atomic mass is 10.0.